The van der Waals surface area contributed by atoms with E-state index < -0.39 is 0 Å². The van der Waals surface area contributed by atoms with Crippen molar-refractivity contribution in [3.63, 3.8) is 0 Å². The molecule has 1 N–H and O–H groups in total. The van der Waals surface area contributed by atoms with E-state index in [9.17, 15) is 9.90 Å². The highest BCUT2D eigenvalue weighted by molar-refractivity contribution is 5.84. The molecule has 0 aromatic heterocycles. The maximum atomic E-state index is 13.2. The van der Waals surface area contributed by atoms with Gasteiger partial charge in [0.05, 0.1) is 12.2 Å². The Bertz CT molecular complexity index is 719. The van der Waals surface area contributed by atoms with Crippen LogP contribution in [-0.4, -0.2) is 28.7 Å². The summed E-state index contributed by atoms with van der Waals surface area (Å²) in [5.74, 6) is 3.27. The molecule has 0 unspecified atom stereocenters. The van der Waals surface area contributed by atoms with Gasteiger partial charge in [0.1, 0.15) is 11.4 Å². The quantitative estimate of drug-likeness (QED) is 0.652. The van der Waals surface area contributed by atoms with E-state index in [0.717, 1.165) is 37.5 Å². The third kappa shape index (κ3) is 1.84. The van der Waals surface area contributed by atoms with Crippen LogP contribution in [0.15, 0.2) is 0 Å². The van der Waals surface area contributed by atoms with E-state index in [1.807, 2.05) is 6.92 Å². The summed E-state index contributed by atoms with van der Waals surface area (Å²) in [5, 5.41) is 10.4. The molecule has 0 amide bonds. The van der Waals surface area contributed by atoms with Crippen molar-refractivity contribution in [1.29, 1.82) is 0 Å². The topological polar surface area (TPSA) is 49.8 Å². The van der Waals surface area contributed by atoms with E-state index in [-0.39, 0.29) is 27.9 Å². The normalized spacial score (nSPS) is 62.0. The highest BCUT2D eigenvalue weighted by Gasteiger charge is 2.77. The van der Waals surface area contributed by atoms with Crippen LogP contribution in [-0.2, 0) is 9.53 Å². The molecule has 1 aliphatic heterocycles. The van der Waals surface area contributed by atoms with Gasteiger partial charge in [0, 0.05) is 17.3 Å². The minimum Gasteiger partial charge on any atom is -0.393 e. The van der Waals surface area contributed by atoms with Gasteiger partial charge in [-0.25, -0.2) is 0 Å². The maximum absolute atomic E-state index is 13.2. The molecule has 3 nitrogen and oxygen atoms in total. The number of carbonyl (C=O) groups excluding carboxylic acids is 1. The lowest BCUT2D eigenvalue weighted by atomic mass is 9.42. The van der Waals surface area contributed by atoms with Crippen LogP contribution in [0.2, 0.25) is 0 Å². The second-order valence-electron chi connectivity index (χ2n) is 12.1. The van der Waals surface area contributed by atoms with Crippen molar-refractivity contribution < 1.29 is 14.6 Å². The molecule has 0 aromatic carbocycles. The minimum atomic E-state index is -0.168. The molecule has 6 fully saturated rings. The summed E-state index contributed by atoms with van der Waals surface area (Å²) < 4.78 is 6.48. The lowest BCUT2D eigenvalue weighted by molar-refractivity contribution is -0.154. The van der Waals surface area contributed by atoms with Crippen LogP contribution in [0.4, 0.5) is 0 Å². The lowest BCUT2D eigenvalue weighted by Gasteiger charge is -2.61. The Balaban J connectivity index is 1.40. The molecule has 5 aliphatic carbocycles. The van der Waals surface area contributed by atoms with Crippen molar-refractivity contribution in [3.05, 3.63) is 0 Å². The summed E-state index contributed by atoms with van der Waals surface area (Å²) in [7, 11) is 0. The number of Topliss-reactive ketones (excluding diaryl/α,β-unsaturated/α-hetero) is 1. The van der Waals surface area contributed by atoms with Gasteiger partial charge in [-0.1, -0.05) is 26.7 Å². The summed E-state index contributed by atoms with van der Waals surface area (Å²) in [4.78, 5) is 13.2. The van der Waals surface area contributed by atoms with Crippen LogP contribution in [0, 0.1) is 39.9 Å². The van der Waals surface area contributed by atoms with Gasteiger partial charge in [-0.15, -0.1) is 0 Å². The number of hydrogen-bond donors (Lipinski definition) is 1. The number of ether oxygens (including phenoxy) is 1. The van der Waals surface area contributed by atoms with Crippen molar-refractivity contribution in [2.24, 2.45) is 39.9 Å². The van der Waals surface area contributed by atoms with Crippen LogP contribution in [0.25, 0.3) is 0 Å². The van der Waals surface area contributed by atoms with Gasteiger partial charge in [0.25, 0.3) is 0 Å². The smallest absolute Gasteiger partial charge is 0.136 e. The molecule has 3 heteroatoms. The molecule has 0 aromatic rings. The summed E-state index contributed by atoms with van der Waals surface area (Å²) in [6, 6.07) is 0. The Kier molecular flexibility index (Phi) is 3.57. The van der Waals surface area contributed by atoms with Crippen LogP contribution in [0.3, 0.4) is 0 Å². The molecule has 156 valence electrons. The summed E-state index contributed by atoms with van der Waals surface area (Å²) in [5.41, 5.74) is 0.371. The fraction of sp³-hybridized carbons (Fsp3) is 0.960. The number of hydrogen-bond acceptors (Lipinski definition) is 3. The van der Waals surface area contributed by atoms with Crippen molar-refractivity contribution in [1.82, 2.24) is 0 Å². The molecule has 28 heavy (non-hydrogen) atoms. The maximum Gasteiger partial charge on any atom is 0.136 e. The molecular weight excluding hydrogens is 348 g/mol. The number of aliphatic hydroxyl groups excluding tert-OH is 1. The molecule has 0 bridgehead atoms. The number of epoxide rings is 1. The van der Waals surface area contributed by atoms with Crippen molar-refractivity contribution in [3.8, 4) is 0 Å². The first-order chi connectivity index (χ1) is 13.3. The highest BCUT2D eigenvalue weighted by atomic mass is 16.6. The Morgan fingerprint density at radius 3 is 2.54 bits per heavy atom. The first-order valence-corrected chi connectivity index (χ1v) is 12.2. The Hall–Kier alpha value is -0.410. The molecule has 10 atom stereocenters. The second kappa shape index (κ2) is 5.44. The summed E-state index contributed by atoms with van der Waals surface area (Å²) in [6.45, 7) is 6.93. The predicted molar refractivity (Wildman–Crippen MR) is 108 cm³/mol. The van der Waals surface area contributed by atoms with Gasteiger partial charge in [0.15, 0.2) is 0 Å². The van der Waals surface area contributed by atoms with Crippen LogP contribution in [0.1, 0.15) is 91.4 Å². The van der Waals surface area contributed by atoms with Crippen LogP contribution in [0.5, 0.6) is 0 Å². The third-order valence-electron chi connectivity index (χ3n) is 11.7. The zero-order valence-corrected chi connectivity index (χ0v) is 18.0. The van der Waals surface area contributed by atoms with E-state index in [4.69, 9.17) is 4.74 Å². The monoisotopic (exact) mass is 386 g/mol. The van der Waals surface area contributed by atoms with Crippen molar-refractivity contribution in [2.75, 3.05) is 0 Å². The SMILES string of the molecule is CC(=O)[C@]12CCCC[C@@H]1C[C@H]1[C@@H]3C[C@H]4O[C@@]45C[C@@H](O)CC[C@]5(C)[C@H]3CC[C@@]12C. The molecule has 6 aliphatic rings. The van der Waals surface area contributed by atoms with Gasteiger partial charge in [0.2, 0.25) is 0 Å². The number of aliphatic hydroxyl groups is 1. The first-order valence-electron chi connectivity index (χ1n) is 12.2. The first kappa shape index (κ1) is 18.4. The fourth-order valence-corrected chi connectivity index (χ4v) is 10.5. The van der Waals surface area contributed by atoms with E-state index in [2.05, 4.69) is 13.8 Å². The number of ketones is 1. The lowest BCUT2D eigenvalue weighted by Crippen LogP contribution is -2.60. The molecule has 6 rings (SSSR count). The Labute approximate surface area is 170 Å². The van der Waals surface area contributed by atoms with E-state index >= 15 is 0 Å². The zero-order valence-electron chi connectivity index (χ0n) is 18.0. The van der Waals surface area contributed by atoms with Gasteiger partial charge in [-0.05, 0) is 87.4 Å². The third-order valence-corrected chi connectivity index (χ3v) is 11.7. The van der Waals surface area contributed by atoms with E-state index in [1.165, 1.54) is 44.9 Å². The molecule has 5 saturated carbocycles. The number of rotatable bonds is 1. The highest BCUT2D eigenvalue weighted by Crippen LogP contribution is 2.77. The fourth-order valence-electron chi connectivity index (χ4n) is 10.5. The zero-order chi connectivity index (χ0) is 19.5. The molecular formula is C25H38O3. The molecule has 0 radical (unpaired) electrons. The van der Waals surface area contributed by atoms with Gasteiger partial charge in [-0.2, -0.15) is 0 Å². The molecule has 1 spiro atoms. The number of carbonyl (C=O) groups is 1. The Morgan fingerprint density at radius 1 is 0.964 bits per heavy atom. The van der Waals surface area contributed by atoms with Gasteiger partial charge < -0.3 is 9.84 Å². The molecule has 1 saturated heterocycles. The minimum absolute atomic E-state index is 0.0246. The van der Waals surface area contributed by atoms with Crippen LogP contribution >= 0.6 is 0 Å². The average molecular weight is 387 g/mol. The predicted octanol–water partition coefficient (Wildman–Crippen LogP) is 4.90. The average Bonchev–Trinajstić information content (AvgIpc) is 3.27. The second-order valence-corrected chi connectivity index (χ2v) is 12.1. The van der Waals surface area contributed by atoms with E-state index in [1.54, 1.807) is 0 Å². The van der Waals surface area contributed by atoms with Crippen LogP contribution < -0.4 is 0 Å². The standard InChI is InChI=1S/C25H38O3/c1-15(26)24-9-5-4-6-16(24)12-20-18-13-21-25(28-21)14-17(27)7-10-23(25,3)19(18)8-11-22(20,24)2/h16-21,27H,4-14H2,1-3H3/t16-,17+,18-,19+,20+,21-,22+,23-,24-,25+/m1/s1. The summed E-state index contributed by atoms with van der Waals surface area (Å²) >= 11 is 0. The van der Waals surface area contributed by atoms with Crippen molar-refractivity contribution >= 4 is 5.78 Å². The van der Waals surface area contributed by atoms with Gasteiger partial charge >= 0.3 is 0 Å². The van der Waals surface area contributed by atoms with E-state index in [0.29, 0.717) is 23.7 Å². The largest absolute Gasteiger partial charge is 0.393 e. The summed E-state index contributed by atoms with van der Waals surface area (Å²) in [6.07, 6.45) is 13.1. The Morgan fingerprint density at radius 2 is 1.75 bits per heavy atom. The number of fused-ring (bicyclic) bond motifs is 6. The van der Waals surface area contributed by atoms with Gasteiger partial charge in [-0.3, -0.25) is 4.79 Å². The molecule has 1 heterocycles. The van der Waals surface area contributed by atoms with Crippen molar-refractivity contribution in [2.45, 2.75) is 109 Å².